The first-order chi connectivity index (χ1) is 16.1. The van der Waals surface area contributed by atoms with Crippen LogP contribution in [0, 0.1) is 0 Å². The number of carbonyl (C=O) groups is 1. The molecule has 8 nitrogen and oxygen atoms in total. The fourth-order valence-corrected chi connectivity index (χ4v) is 4.33. The zero-order valence-corrected chi connectivity index (χ0v) is 18.6. The minimum atomic E-state index is -4.85. The first-order valence-corrected chi connectivity index (χ1v) is 11.3. The molecule has 3 aromatic rings. The number of rotatable bonds is 9. The Hall–Kier alpha value is -3.80. The number of amides is 1. The van der Waals surface area contributed by atoms with E-state index in [2.05, 4.69) is 19.8 Å². The normalized spacial score (nSPS) is 11.5. The average molecular weight is 495 g/mol. The summed E-state index contributed by atoms with van der Waals surface area (Å²) in [5.74, 6) is -0.851. The minimum Gasteiger partial charge on any atom is -0.494 e. The molecular weight excluding hydrogens is 475 g/mol. The van der Waals surface area contributed by atoms with E-state index in [0.29, 0.717) is 0 Å². The topological polar surface area (TPSA) is 107 Å². The fourth-order valence-electron chi connectivity index (χ4n) is 3.07. The maximum atomic E-state index is 13.0. The molecule has 1 heterocycles. The molecule has 0 radical (unpaired) electrons. The van der Waals surface area contributed by atoms with Gasteiger partial charge in [-0.3, -0.25) is 14.5 Å². The lowest BCUT2D eigenvalue weighted by Crippen LogP contribution is -2.28. The summed E-state index contributed by atoms with van der Waals surface area (Å²) in [6.07, 6.45) is -2.13. The molecule has 12 heteroatoms. The van der Waals surface area contributed by atoms with Gasteiger partial charge in [0.15, 0.2) is 0 Å². The van der Waals surface area contributed by atoms with Gasteiger partial charge in [0.2, 0.25) is 0 Å². The highest BCUT2D eigenvalue weighted by atomic mass is 32.2. The Balaban J connectivity index is 1.74. The van der Waals surface area contributed by atoms with Crippen LogP contribution in [0.3, 0.4) is 0 Å². The zero-order chi connectivity index (χ0) is 24.8. The lowest BCUT2D eigenvalue weighted by Gasteiger charge is -2.15. The summed E-state index contributed by atoms with van der Waals surface area (Å²) in [7, 11) is -2.83. The van der Waals surface area contributed by atoms with Crippen LogP contribution in [0.2, 0.25) is 0 Å². The van der Waals surface area contributed by atoms with Crippen LogP contribution in [0.5, 0.6) is 11.5 Å². The van der Waals surface area contributed by atoms with Crippen LogP contribution < -0.4 is 19.5 Å². The van der Waals surface area contributed by atoms with Crippen LogP contribution in [0.15, 0.2) is 71.9 Å². The highest BCUT2D eigenvalue weighted by Crippen LogP contribution is 2.27. The van der Waals surface area contributed by atoms with Crippen molar-refractivity contribution in [3.05, 3.63) is 78.1 Å². The molecule has 0 unspecified atom stereocenters. The van der Waals surface area contributed by atoms with Crippen molar-refractivity contribution >= 4 is 21.6 Å². The second-order valence-electron chi connectivity index (χ2n) is 6.84. The highest BCUT2D eigenvalue weighted by Gasteiger charge is 2.32. The third-order valence-corrected chi connectivity index (χ3v) is 5.97. The molecule has 0 aliphatic carbocycles. The predicted molar refractivity (Wildman–Crippen MR) is 117 cm³/mol. The standard InChI is InChI=1S/C22H20F3N3O5S/c1-32-19-11-12-26-14-17(19)28-34(30,31)20-9-5-3-7-16(20)21(29)27-13-10-15-6-2-4-8-18(15)33-22(23,24)25/h2-9,11-12,14,28H,10,13H2,1H3,(H,27,29). The second kappa shape index (κ2) is 10.4. The number of halogens is 3. The summed E-state index contributed by atoms with van der Waals surface area (Å²) in [6, 6.07) is 12.5. The number of aromatic nitrogens is 1. The second-order valence-corrected chi connectivity index (χ2v) is 8.49. The first kappa shape index (κ1) is 24.8. The monoisotopic (exact) mass is 495 g/mol. The Labute approximate surface area is 193 Å². The molecule has 34 heavy (non-hydrogen) atoms. The van der Waals surface area contributed by atoms with Gasteiger partial charge in [0.1, 0.15) is 22.1 Å². The van der Waals surface area contributed by atoms with Gasteiger partial charge in [-0.05, 0) is 30.2 Å². The van der Waals surface area contributed by atoms with E-state index in [-0.39, 0.29) is 46.2 Å². The molecule has 0 aliphatic rings. The van der Waals surface area contributed by atoms with Crippen LogP contribution in [-0.4, -0.2) is 39.3 Å². The number of pyridine rings is 1. The Bertz CT molecular complexity index is 1270. The highest BCUT2D eigenvalue weighted by molar-refractivity contribution is 7.92. The maximum Gasteiger partial charge on any atom is 0.573 e. The smallest absolute Gasteiger partial charge is 0.494 e. The van der Waals surface area contributed by atoms with Gasteiger partial charge < -0.3 is 14.8 Å². The van der Waals surface area contributed by atoms with E-state index in [9.17, 15) is 26.4 Å². The van der Waals surface area contributed by atoms with Crippen molar-refractivity contribution in [2.75, 3.05) is 18.4 Å². The third-order valence-electron chi connectivity index (χ3n) is 4.54. The summed E-state index contributed by atoms with van der Waals surface area (Å²) in [5.41, 5.74) is 0.172. The lowest BCUT2D eigenvalue weighted by molar-refractivity contribution is -0.274. The molecular formula is C22H20F3N3O5S. The van der Waals surface area contributed by atoms with Crippen LogP contribution in [0.4, 0.5) is 18.9 Å². The van der Waals surface area contributed by atoms with Gasteiger partial charge in [0.25, 0.3) is 15.9 Å². The number of alkyl halides is 3. The number of methoxy groups -OCH3 is 1. The molecule has 0 saturated heterocycles. The van der Waals surface area contributed by atoms with Crippen LogP contribution >= 0.6 is 0 Å². The van der Waals surface area contributed by atoms with E-state index in [4.69, 9.17) is 4.74 Å². The number of para-hydroxylation sites is 1. The van der Waals surface area contributed by atoms with Crippen molar-refractivity contribution < 1.29 is 35.9 Å². The lowest BCUT2D eigenvalue weighted by atomic mass is 10.1. The summed E-state index contributed by atoms with van der Waals surface area (Å²) in [5, 5.41) is 2.53. The van der Waals surface area contributed by atoms with E-state index >= 15 is 0 Å². The van der Waals surface area contributed by atoms with E-state index in [1.807, 2.05) is 0 Å². The minimum absolute atomic E-state index is 0.0258. The van der Waals surface area contributed by atoms with Crippen molar-refractivity contribution in [2.24, 2.45) is 0 Å². The first-order valence-electron chi connectivity index (χ1n) is 9.82. The quantitative estimate of drug-likeness (QED) is 0.468. The summed E-state index contributed by atoms with van der Waals surface area (Å²) < 4.78 is 75.2. The number of benzene rings is 2. The largest absolute Gasteiger partial charge is 0.573 e. The van der Waals surface area contributed by atoms with Crippen molar-refractivity contribution in [2.45, 2.75) is 17.7 Å². The van der Waals surface area contributed by atoms with Gasteiger partial charge in [-0.2, -0.15) is 0 Å². The van der Waals surface area contributed by atoms with Crippen LogP contribution in [0.25, 0.3) is 0 Å². The average Bonchev–Trinajstić information content (AvgIpc) is 2.79. The van der Waals surface area contributed by atoms with E-state index in [1.54, 1.807) is 6.07 Å². The molecule has 1 amide bonds. The van der Waals surface area contributed by atoms with Crippen LogP contribution in [0.1, 0.15) is 15.9 Å². The number of sulfonamides is 1. The Kier molecular flexibility index (Phi) is 7.61. The Morgan fingerprint density at radius 3 is 2.47 bits per heavy atom. The van der Waals surface area contributed by atoms with E-state index < -0.39 is 22.3 Å². The van der Waals surface area contributed by atoms with Gasteiger partial charge in [0, 0.05) is 18.8 Å². The molecule has 0 saturated carbocycles. The third kappa shape index (κ3) is 6.38. The van der Waals surface area contributed by atoms with Gasteiger partial charge in [-0.25, -0.2) is 8.42 Å². The van der Waals surface area contributed by atoms with Crippen molar-refractivity contribution in [1.29, 1.82) is 0 Å². The van der Waals surface area contributed by atoms with Crippen molar-refractivity contribution in [1.82, 2.24) is 10.3 Å². The molecule has 180 valence electrons. The number of hydrogen-bond donors (Lipinski definition) is 2. The molecule has 0 spiro atoms. The molecule has 0 aliphatic heterocycles. The number of ether oxygens (including phenoxy) is 2. The van der Waals surface area contributed by atoms with Gasteiger partial charge >= 0.3 is 6.36 Å². The van der Waals surface area contributed by atoms with Crippen molar-refractivity contribution in [3.63, 3.8) is 0 Å². The maximum absolute atomic E-state index is 13.0. The fraction of sp³-hybridized carbons (Fsp3) is 0.182. The molecule has 2 aromatic carbocycles. The molecule has 1 aromatic heterocycles. The summed E-state index contributed by atoms with van der Waals surface area (Å²) in [6.45, 7) is -0.0602. The van der Waals surface area contributed by atoms with Crippen LogP contribution in [-0.2, 0) is 16.4 Å². The summed E-state index contributed by atoms with van der Waals surface area (Å²) >= 11 is 0. The molecule has 0 fully saturated rings. The van der Waals surface area contributed by atoms with E-state index in [0.717, 1.165) is 0 Å². The molecule has 0 bridgehead atoms. The van der Waals surface area contributed by atoms with Gasteiger partial charge in [-0.15, -0.1) is 13.2 Å². The number of hydrogen-bond acceptors (Lipinski definition) is 6. The number of nitrogens with one attached hydrogen (secondary N) is 2. The SMILES string of the molecule is COc1ccncc1NS(=O)(=O)c1ccccc1C(=O)NCCc1ccccc1OC(F)(F)F. The molecule has 0 atom stereocenters. The van der Waals surface area contributed by atoms with Gasteiger partial charge in [0.05, 0.1) is 18.9 Å². The number of nitrogens with zero attached hydrogens (tertiary/aromatic N) is 1. The summed E-state index contributed by atoms with van der Waals surface area (Å²) in [4.78, 5) is 16.3. The predicted octanol–water partition coefficient (Wildman–Crippen LogP) is 3.76. The number of anilines is 1. The molecule has 2 N–H and O–H groups in total. The zero-order valence-electron chi connectivity index (χ0n) is 17.8. The van der Waals surface area contributed by atoms with E-state index in [1.165, 1.54) is 68.0 Å². The Morgan fingerprint density at radius 1 is 1.03 bits per heavy atom. The Morgan fingerprint density at radius 2 is 1.74 bits per heavy atom. The number of carbonyl (C=O) groups excluding carboxylic acids is 1. The van der Waals surface area contributed by atoms with Crippen molar-refractivity contribution in [3.8, 4) is 11.5 Å². The van der Waals surface area contributed by atoms with Gasteiger partial charge in [-0.1, -0.05) is 30.3 Å². The molecule has 3 rings (SSSR count).